The van der Waals surface area contributed by atoms with Crippen LogP contribution in [0.25, 0.3) is 0 Å². The Bertz CT molecular complexity index is 527. The maximum Gasteiger partial charge on any atom is 0.384 e. The number of carbonyl (C=O) groups is 1. The molecule has 8 nitrogen and oxygen atoms in total. The van der Waals surface area contributed by atoms with Crippen LogP contribution < -0.4 is 0 Å². The van der Waals surface area contributed by atoms with E-state index in [0.717, 1.165) is 0 Å². The predicted octanol–water partition coefficient (Wildman–Crippen LogP) is 1.74. The van der Waals surface area contributed by atoms with Gasteiger partial charge in [0.1, 0.15) is 0 Å². The molecule has 1 atom stereocenters. The predicted molar refractivity (Wildman–Crippen MR) is 68.8 cm³/mol. The zero-order valence-corrected chi connectivity index (χ0v) is 11.1. The van der Waals surface area contributed by atoms with Crippen molar-refractivity contribution in [3.63, 3.8) is 0 Å². The van der Waals surface area contributed by atoms with Crippen LogP contribution in [0.5, 0.6) is 0 Å². The molecular formula is C12H14N2O6. The average molecular weight is 282 g/mol. The fourth-order valence-electron chi connectivity index (χ4n) is 1.63. The van der Waals surface area contributed by atoms with E-state index in [-0.39, 0.29) is 18.7 Å². The molecule has 0 heterocycles. The minimum Gasteiger partial charge on any atom is -0.461 e. The van der Waals surface area contributed by atoms with Crippen molar-refractivity contribution in [2.24, 2.45) is 0 Å². The molecule has 8 heteroatoms. The second kappa shape index (κ2) is 6.09. The van der Waals surface area contributed by atoms with E-state index in [9.17, 15) is 25.0 Å². The lowest BCUT2D eigenvalue weighted by molar-refractivity contribution is -0.550. The van der Waals surface area contributed by atoms with Gasteiger partial charge in [0, 0.05) is 24.0 Å². The van der Waals surface area contributed by atoms with Gasteiger partial charge in [0.05, 0.1) is 18.0 Å². The Morgan fingerprint density at radius 3 is 2.20 bits per heavy atom. The Labute approximate surface area is 114 Å². The molecule has 1 aromatic rings. The van der Waals surface area contributed by atoms with Crippen molar-refractivity contribution in [1.29, 1.82) is 0 Å². The Hall–Kier alpha value is -2.51. The quantitative estimate of drug-likeness (QED) is 0.446. The lowest BCUT2D eigenvalue weighted by atomic mass is 9.93. The lowest BCUT2D eigenvalue weighted by Crippen LogP contribution is -2.46. The van der Waals surface area contributed by atoms with Gasteiger partial charge in [-0.05, 0) is 12.5 Å². The molecular weight excluding hydrogens is 268 g/mol. The highest BCUT2D eigenvalue weighted by Gasteiger charge is 2.47. The molecule has 0 fully saturated rings. The summed E-state index contributed by atoms with van der Waals surface area (Å²) >= 11 is 0. The molecule has 0 aliphatic heterocycles. The van der Waals surface area contributed by atoms with Crippen molar-refractivity contribution in [3.8, 4) is 0 Å². The first-order valence-corrected chi connectivity index (χ1v) is 5.86. The van der Waals surface area contributed by atoms with Crippen molar-refractivity contribution < 1.29 is 19.4 Å². The van der Waals surface area contributed by atoms with Crippen LogP contribution in [0.1, 0.15) is 19.4 Å². The van der Waals surface area contributed by atoms with Gasteiger partial charge in [-0.15, -0.1) is 0 Å². The molecule has 0 saturated heterocycles. The molecule has 0 aliphatic carbocycles. The SMILES string of the molecule is CCOC(=O)C(C)(Cc1ccc([N+](=O)[O-])cc1)[N+](=O)[O-]. The summed E-state index contributed by atoms with van der Waals surface area (Å²) in [7, 11) is 0. The van der Waals surface area contributed by atoms with Gasteiger partial charge in [-0.25, -0.2) is 4.79 Å². The fraction of sp³-hybridized carbons (Fsp3) is 0.417. The van der Waals surface area contributed by atoms with Crippen LogP contribution in [0.2, 0.25) is 0 Å². The van der Waals surface area contributed by atoms with Gasteiger partial charge in [0.25, 0.3) is 5.69 Å². The van der Waals surface area contributed by atoms with E-state index >= 15 is 0 Å². The number of benzene rings is 1. The molecule has 0 spiro atoms. The van der Waals surface area contributed by atoms with Crippen LogP contribution in [0.15, 0.2) is 24.3 Å². The molecule has 0 aromatic heterocycles. The number of esters is 1. The van der Waals surface area contributed by atoms with Gasteiger partial charge in [0.15, 0.2) is 0 Å². The van der Waals surface area contributed by atoms with Crippen LogP contribution in [-0.2, 0) is 16.0 Å². The number of ether oxygens (including phenoxy) is 1. The van der Waals surface area contributed by atoms with Gasteiger partial charge >= 0.3 is 11.5 Å². The van der Waals surface area contributed by atoms with Gasteiger partial charge < -0.3 is 4.74 Å². The van der Waals surface area contributed by atoms with E-state index in [4.69, 9.17) is 4.74 Å². The number of hydrogen-bond donors (Lipinski definition) is 0. The summed E-state index contributed by atoms with van der Waals surface area (Å²) in [6, 6.07) is 5.25. The summed E-state index contributed by atoms with van der Waals surface area (Å²) in [6.07, 6.45) is -0.198. The van der Waals surface area contributed by atoms with Gasteiger partial charge in [-0.1, -0.05) is 12.1 Å². The Balaban J connectivity index is 2.99. The second-order valence-corrected chi connectivity index (χ2v) is 4.35. The number of rotatable bonds is 6. The molecule has 1 unspecified atom stereocenters. The average Bonchev–Trinajstić information content (AvgIpc) is 2.39. The Morgan fingerprint density at radius 1 is 1.25 bits per heavy atom. The maximum atomic E-state index is 11.7. The highest BCUT2D eigenvalue weighted by molar-refractivity contribution is 5.79. The minimum atomic E-state index is -1.91. The lowest BCUT2D eigenvalue weighted by Gasteiger charge is -2.18. The van der Waals surface area contributed by atoms with Crippen LogP contribution >= 0.6 is 0 Å². The zero-order valence-electron chi connectivity index (χ0n) is 11.1. The first-order chi connectivity index (χ1) is 9.31. The van der Waals surface area contributed by atoms with E-state index in [1.165, 1.54) is 31.2 Å². The monoisotopic (exact) mass is 282 g/mol. The third kappa shape index (κ3) is 3.28. The van der Waals surface area contributed by atoms with Crippen LogP contribution in [0.3, 0.4) is 0 Å². The molecule has 108 valence electrons. The topological polar surface area (TPSA) is 113 Å². The van der Waals surface area contributed by atoms with E-state index in [0.29, 0.717) is 5.56 Å². The second-order valence-electron chi connectivity index (χ2n) is 4.35. The maximum absolute atomic E-state index is 11.7. The van der Waals surface area contributed by atoms with Crippen molar-refractivity contribution >= 4 is 11.7 Å². The van der Waals surface area contributed by atoms with Crippen molar-refractivity contribution in [2.45, 2.75) is 25.8 Å². The molecule has 20 heavy (non-hydrogen) atoms. The van der Waals surface area contributed by atoms with E-state index < -0.39 is 21.4 Å². The summed E-state index contributed by atoms with van der Waals surface area (Å²) in [6.45, 7) is 2.78. The molecule has 0 aliphatic rings. The van der Waals surface area contributed by atoms with Crippen LogP contribution in [0.4, 0.5) is 5.69 Å². The standard InChI is InChI=1S/C12H14N2O6/c1-3-20-11(15)12(2,14(18)19)8-9-4-6-10(7-5-9)13(16)17/h4-7H,3,8H2,1-2H3. The van der Waals surface area contributed by atoms with E-state index in [1.807, 2.05) is 0 Å². The summed E-state index contributed by atoms with van der Waals surface area (Å²) in [5.74, 6) is -0.927. The van der Waals surface area contributed by atoms with Crippen molar-refractivity contribution in [1.82, 2.24) is 0 Å². The van der Waals surface area contributed by atoms with Gasteiger partial charge in [-0.3, -0.25) is 20.2 Å². The van der Waals surface area contributed by atoms with Crippen molar-refractivity contribution in [3.05, 3.63) is 50.1 Å². The number of nitrogens with zero attached hydrogens (tertiary/aromatic N) is 2. The Morgan fingerprint density at radius 2 is 1.80 bits per heavy atom. The number of hydrogen-bond acceptors (Lipinski definition) is 6. The smallest absolute Gasteiger partial charge is 0.384 e. The number of nitro benzene ring substituents is 1. The largest absolute Gasteiger partial charge is 0.461 e. The summed E-state index contributed by atoms with van der Waals surface area (Å²) in [4.78, 5) is 32.1. The molecule has 0 amide bonds. The van der Waals surface area contributed by atoms with Gasteiger partial charge in [-0.2, -0.15) is 0 Å². The molecule has 0 N–H and O–H groups in total. The third-order valence-corrected chi connectivity index (χ3v) is 2.81. The van der Waals surface area contributed by atoms with E-state index in [1.54, 1.807) is 6.92 Å². The summed E-state index contributed by atoms with van der Waals surface area (Å²) in [5, 5.41) is 21.6. The number of nitro groups is 2. The highest BCUT2D eigenvalue weighted by atomic mass is 16.6. The zero-order chi connectivity index (χ0) is 15.3. The van der Waals surface area contributed by atoms with Crippen LogP contribution in [-0.4, -0.2) is 28.0 Å². The minimum absolute atomic E-state index is 0.0442. The molecule has 0 radical (unpaired) electrons. The molecule has 1 rings (SSSR count). The van der Waals surface area contributed by atoms with Gasteiger partial charge in [0.2, 0.25) is 0 Å². The van der Waals surface area contributed by atoms with E-state index in [2.05, 4.69) is 0 Å². The Kier molecular flexibility index (Phi) is 4.73. The normalized spacial score (nSPS) is 13.3. The molecule has 1 aromatic carbocycles. The number of non-ortho nitro benzene ring substituents is 1. The third-order valence-electron chi connectivity index (χ3n) is 2.81. The molecule has 0 saturated carbocycles. The molecule has 0 bridgehead atoms. The fourth-order valence-corrected chi connectivity index (χ4v) is 1.63. The van der Waals surface area contributed by atoms with Crippen molar-refractivity contribution in [2.75, 3.05) is 6.61 Å². The number of carbonyl (C=O) groups excluding carboxylic acids is 1. The summed E-state index contributed by atoms with van der Waals surface area (Å²) in [5.41, 5.74) is -1.58. The highest BCUT2D eigenvalue weighted by Crippen LogP contribution is 2.21. The van der Waals surface area contributed by atoms with Crippen LogP contribution in [0, 0.1) is 20.2 Å². The first kappa shape index (κ1) is 15.5. The first-order valence-electron chi connectivity index (χ1n) is 5.86. The summed E-state index contributed by atoms with van der Waals surface area (Å²) < 4.78 is 4.71.